The fraction of sp³-hybridized carbons (Fsp3) is 0.250. The van der Waals surface area contributed by atoms with E-state index in [2.05, 4.69) is 136 Å². The number of para-hydroxylation sites is 1. The minimum absolute atomic E-state index is 0.0507. The van der Waals surface area contributed by atoms with Crippen LogP contribution < -0.4 is 4.90 Å². The van der Waals surface area contributed by atoms with Crippen molar-refractivity contribution in [1.29, 1.82) is 0 Å². The van der Waals surface area contributed by atoms with Crippen LogP contribution in [0.3, 0.4) is 0 Å². The van der Waals surface area contributed by atoms with E-state index >= 15 is 0 Å². The number of benzene rings is 4. The molecule has 1 aliphatic carbocycles. The van der Waals surface area contributed by atoms with E-state index in [1.54, 1.807) is 4.90 Å². The minimum atomic E-state index is -0.519. The lowest BCUT2D eigenvalue weighted by Gasteiger charge is -2.38. The summed E-state index contributed by atoms with van der Waals surface area (Å²) in [4.78, 5) is 18.2. The van der Waals surface area contributed by atoms with Crippen LogP contribution in [0, 0.1) is 11.8 Å². The van der Waals surface area contributed by atoms with Crippen molar-refractivity contribution in [2.75, 3.05) is 11.9 Å². The summed E-state index contributed by atoms with van der Waals surface area (Å²) in [7, 11) is 1.88. The molecule has 2 atom stereocenters. The van der Waals surface area contributed by atoms with Gasteiger partial charge in [0.1, 0.15) is 0 Å². The summed E-state index contributed by atoms with van der Waals surface area (Å²) in [6, 6.07) is 43.7. The van der Waals surface area contributed by atoms with Gasteiger partial charge in [0, 0.05) is 27.9 Å². The van der Waals surface area contributed by atoms with E-state index in [4.69, 9.17) is 0 Å². The average molecular weight is 634 g/mol. The van der Waals surface area contributed by atoms with Gasteiger partial charge in [0.15, 0.2) is 0 Å². The van der Waals surface area contributed by atoms with Gasteiger partial charge in [-0.1, -0.05) is 149 Å². The molecule has 0 N–H and O–H groups in total. The van der Waals surface area contributed by atoms with Gasteiger partial charge in [-0.2, -0.15) is 0 Å². The Balaban J connectivity index is 1.58. The van der Waals surface area contributed by atoms with Crippen LogP contribution in [0.5, 0.6) is 0 Å². The standard InChI is InChI=1S/C44H43NOS/c1-5-31(6-2)38-28-35(26-27-37-36-24-16-17-25-40(36)45(4)43(37)46)44(33-20-12-8-13-21-33,34-22-14-9-15-23-34)42-39(30(38)3)29-41(47-42)32-18-10-7-11-19-32/h7-27,29-31,38H,5-6,28H2,1-4H3/b35-26+,37-27-. The molecule has 2 nitrogen and oxygen atoms in total. The lowest BCUT2D eigenvalue weighted by atomic mass is 9.66. The largest absolute Gasteiger partial charge is 0.311 e. The van der Waals surface area contributed by atoms with Crippen LogP contribution >= 0.6 is 11.3 Å². The zero-order valence-electron chi connectivity index (χ0n) is 27.8. The fourth-order valence-corrected chi connectivity index (χ4v) is 9.87. The van der Waals surface area contributed by atoms with E-state index in [0.717, 1.165) is 36.1 Å². The number of hydrogen-bond acceptors (Lipinski definition) is 2. The van der Waals surface area contributed by atoms with Gasteiger partial charge in [-0.3, -0.25) is 4.79 Å². The Morgan fingerprint density at radius 3 is 2.00 bits per heavy atom. The quantitative estimate of drug-likeness (QED) is 0.129. The van der Waals surface area contributed by atoms with Crippen LogP contribution in [0.15, 0.2) is 139 Å². The van der Waals surface area contributed by atoms with Crippen LogP contribution in [-0.2, 0) is 10.2 Å². The lowest BCUT2D eigenvalue weighted by Crippen LogP contribution is -2.31. The van der Waals surface area contributed by atoms with Crippen molar-refractivity contribution in [3.8, 4) is 10.4 Å². The van der Waals surface area contributed by atoms with E-state index in [-0.39, 0.29) is 5.91 Å². The summed E-state index contributed by atoms with van der Waals surface area (Å²) in [6.07, 6.45) is 7.71. The van der Waals surface area contributed by atoms with Crippen molar-refractivity contribution in [2.45, 2.75) is 51.4 Å². The molecule has 2 unspecified atom stereocenters. The predicted molar refractivity (Wildman–Crippen MR) is 199 cm³/mol. The first kappa shape index (κ1) is 31.1. The van der Waals surface area contributed by atoms with Crippen molar-refractivity contribution < 1.29 is 4.79 Å². The summed E-state index contributed by atoms with van der Waals surface area (Å²) in [5.41, 5.74) is 8.82. The van der Waals surface area contributed by atoms with Crippen molar-refractivity contribution in [3.05, 3.63) is 166 Å². The summed E-state index contributed by atoms with van der Waals surface area (Å²) < 4.78 is 0. The number of amides is 1. The summed E-state index contributed by atoms with van der Waals surface area (Å²) in [6.45, 7) is 7.18. The van der Waals surface area contributed by atoms with Gasteiger partial charge in [-0.15, -0.1) is 11.3 Å². The third kappa shape index (κ3) is 5.22. The lowest BCUT2D eigenvalue weighted by molar-refractivity contribution is -0.112. The van der Waals surface area contributed by atoms with E-state index in [1.807, 2.05) is 36.6 Å². The van der Waals surface area contributed by atoms with E-state index < -0.39 is 5.41 Å². The normalized spacial score (nSPS) is 20.4. The molecular weight excluding hydrogens is 591 g/mol. The molecular formula is C44H43NOS. The van der Waals surface area contributed by atoms with E-state index in [1.165, 1.54) is 37.6 Å². The molecule has 0 saturated carbocycles. The first-order chi connectivity index (χ1) is 23.0. The van der Waals surface area contributed by atoms with Crippen LogP contribution in [0.25, 0.3) is 16.0 Å². The van der Waals surface area contributed by atoms with E-state index in [9.17, 15) is 4.79 Å². The molecule has 1 aromatic heterocycles. The Morgan fingerprint density at radius 1 is 0.809 bits per heavy atom. The maximum Gasteiger partial charge on any atom is 0.258 e. The Kier molecular flexibility index (Phi) is 8.59. The third-order valence-electron chi connectivity index (χ3n) is 10.8. The average Bonchev–Trinajstić information content (AvgIpc) is 3.65. The molecule has 236 valence electrons. The van der Waals surface area contributed by atoms with Crippen molar-refractivity contribution in [2.24, 2.45) is 11.8 Å². The molecule has 5 aromatic rings. The molecule has 47 heavy (non-hydrogen) atoms. The van der Waals surface area contributed by atoms with E-state index in [0.29, 0.717) is 17.8 Å². The summed E-state index contributed by atoms with van der Waals surface area (Å²) >= 11 is 1.95. The maximum absolute atomic E-state index is 13.7. The second-order valence-electron chi connectivity index (χ2n) is 13.1. The SMILES string of the molecule is CCC(CC)C1C/C(=C\C=C2/C(=O)N(C)c3ccccc32)C(c2ccccc2)(c2ccccc2)c2sc(-c3ccccc3)cc2C1C. The first-order valence-electron chi connectivity index (χ1n) is 17.1. The molecule has 3 heteroatoms. The van der Waals surface area contributed by atoms with Gasteiger partial charge >= 0.3 is 0 Å². The molecule has 0 spiro atoms. The van der Waals surface area contributed by atoms with Crippen LogP contribution in [0.2, 0.25) is 0 Å². The zero-order valence-corrected chi connectivity index (χ0v) is 28.6. The Hall–Kier alpha value is -4.47. The van der Waals surface area contributed by atoms with Gasteiger partial charge in [0.2, 0.25) is 0 Å². The molecule has 0 bridgehead atoms. The van der Waals surface area contributed by atoms with Crippen LogP contribution in [-0.4, -0.2) is 13.0 Å². The molecule has 0 saturated heterocycles. The molecule has 7 rings (SSSR count). The number of carbonyl (C=O) groups is 1. The number of hydrogen-bond donors (Lipinski definition) is 0. The van der Waals surface area contributed by atoms with Gasteiger partial charge < -0.3 is 4.90 Å². The molecule has 0 radical (unpaired) electrons. The number of nitrogens with zero attached hydrogens (tertiary/aromatic N) is 1. The number of likely N-dealkylation sites (N-methyl/N-ethyl adjacent to an activating group) is 1. The highest BCUT2D eigenvalue weighted by molar-refractivity contribution is 7.16. The Labute approximate surface area is 284 Å². The van der Waals surface area contributed by atoms with Crippen molar-refractivity contribution in [3.63, 3.8) is 0 Å². The Bertz CT molecular complexity index is 1890. The van der Waals surface area contributed by atoms with Gasteiger partial charge in [0.05, 0.1) is 11.1 Å². The van der Waals surface area contributed by atoms with Gasteiger partial charge in [-0.25, -0.2) is 0 Å². The van der Waals surface area contributed by atoms with Crippen LogP contribution in [0.1, 0.15) is 73.1 Å². The molecule has 2 heterocycles. The number of anilines is 1. The molecule has 4 aromatic carbocycles. The second-order valence-corrected chi connectivity index (χ2v) is 14.2. The van der Waals surface area contributed by atoms with Gasteiger partial charge in [-0.05, 0) is 70.2 Å². The highest BCUT2D eigenvalue weighted by Crippen LogP contribution is 2.58. The zero-order chi connectivity index (χ0) is 32.5. The van der Waals surface area contributed by atoms with Crippen LogP contribution in [0.4, 0.5) is 5.69 Å². The molecule has 1 aliphatic heterocycles. The number of carbonyl (C=O) groups excluding carboxylic acids is 1. The molecule has 2 aliphatic rings. The predicted octanol–water partition coefficient (Wildman–Crippen LogP) is 11.3. The monoisotopic (exact) mass is 633 g/mol. The van der Waals surface area contributed by atoms with Crippen molar-refractivity contribution in [1.82, 2.24) is 0 Å². The third-order valence-corrected chi connectivity index (χ3v) is 12.2. The highest BCUT2D eigenvalue weighted by atomic mass is 32.1. The number of allylic oxidation sites excluding steroid dienone is 3. The Morgan fingerprint density at radius 2 is 1.38 bits per heavy atom. The second kappa shape index (κ2) is 13.0. The summed E-state index contributed by atoms with van der Waals surface area (Å²) in [5.74, 6) is 1.45. The van der Waals surface area contributed by atoms with Crippen molar-refractivity contribution >= 4 is 28.5 Å². The minimum Gasteiger partial charge on any atom is -0.311 e. The summed E-state index contributed by atoms with van der Waals surface area (Å²) in [5, 5.41) is 0. The number of fused-ring (bicyclic) bond motifs is 2. The number of rotatable bonds is 7. The van der Waals surface area contributed by atoms with Gasteiger partial charge in [0.25, 0.3) is 5.91 Å². The highest BCUT2D eigenvalue weighted by Gasteiger charge is 2.48. The number of thiophene rings is 1. The topological polar surface area (TPSA) is 20.3 Å². The maximum atomic E-state index is 13.7. The molecule has 1 amide bonds. The smallest absolute Gasteiger partial charge is 0.258 e. The first-order valence-corrected chi connectivity index (χ1v) is 17.9. The molecule has 0 fully saturated rings. The fourth-order valence-electron chi connectivity index (χ4n) is 8.32.